The highest BCUT2D eigenvalue weighted by Crippen LogP contribution is 2.26. The number of nitrogens with two attached hydrogens (primary N) is 1. The number of carbonyl (C=O) groups excluding carboxylic acids is 8. The first kappa shape index (κ1) is 42.5. The van der Waals surface area contributed by atoms with Crippen LogP contribution in [0.5, 0.6) is 0 Å². The van der Waals surface area contributed by atoms with E-state index in [0.29, 0.717) is 32.2 Å². The van der Waals surface area contributed by atoms with Crippen LogP contribution in [0.25, 0.3) is 0 Å². The SMILES string of the molecule is C[C@H](NC(=O)CNC(=O)[C@H](CO)NC(=O)[C@H](CO)NC(=O)[C@@H]1CCCN1C(=O)CN)C(=O)N1CCC[C@H]1C(=O)N1CCC[C@H]1C(=O)N[C@@H](CO)C(=O)O. The van der Waals surface area contributed by atoms with Crippen LogP contribution in [0, 0.1) is 0 Å². The quantitative estimate of drug-likeness (QED) is 0.0660. The number of nitrogens with zero attached hydrogens (tertiary/aromatic N) is 3. The number of rotatable bonds is 17. The zero-order chi connectivity index (χ0) is 39.4. The Balaban J connectivity index is 1.50. The van der Waals surface area contributed by atoms with Gasteiger partial charge in [-0.25, -0.2) is 4.79 Å². The highest BCUT2D eigenvalue weighted by atomic mass is 16.4. The van der Waals surface area contributed by atoms with Crippen molar-refractivity contribution in [2.24, 2.45) is 5.73 Å². The average Bonchev–Trinajstić information content (AvgIpc) is 3.94. The normalized spacial score (nSPS) is 21.9. The standard InChI is InChI=1S/C31H49N9O13/c1-16(29(50)40-10-4-7-22(40)30(51)39-9-3-6-21(39)28(49)37-19(15-43)31(52)53)34-23(44)12-33-25(46)17(13-41)35-26(47)18(14-42)36-27(48)20-5-2-8-38(20)24(45)11-32/h16-22,41-43H,2-15,32H2,1H3,(H,33,46)(H,34,44)(H,35,47)(H,36,48)(H,37,49)(H,52,53)/t16-,17-,18-,19-,20-,21-,22-/m0/s1. The zero-order valence-electron chi connectivity index (χ0n) is 29.3. The number of aliphatic hydroxyl groups excluding tert-OH is 3. The molecule has 0 radical (unpaired) electrons. The summed E-state index contributed by atoms with van der Waals surface area (Å²) in [5, 5.41) is 49.2. The van der Waals surface area contributed by atoms with E-state index in [4.69, 9.17) is 10.8 Å². The Kier molecular flexibility index (Phi) is 15.9. The summed E-state index contributed by atoms with van der Waals surface area (Å²) in [6.45, 7) is -1.61. The Morgan fingerprint density at radius 1 is 0.660 bits per heavy atom. The lowest BCUT2D eigenvalue weighted by atomic mass is 10.1. The summed E-state index contributed by atoms with van der Waals surface area (Å²) in [6, 6.07) is -8.70. The fraction of sp³-hybridized carbons (Fsp3) is 0.710. The third kappa shape index (κ3) is 10.8. The molecule has 8 amide bonds. The molecule has 0 aromatic heterocycles. The maximum atomic E-state index is 13.5. The Labute approximate surface area is 304 Å². The fourth-order valence-corrected chi connectivity index (χ4v) is 6.51. The van der Waals surface area contributed by atoms with Gasteiger partial charge in [-0.2, -0.15) is 0 Å². The van der Waals surface area contributed by atoms with E-state index in [1.165, 1.54) is 21.6 Å². The molecule has 3 rings (SSSR count). The van der Waals surface area contributed by atoms with Gasteiger partial charge in [0, 0.05) is 19.6 Å². The summed E-state index contributed by atoms with van der Waals surface area (Å²) in [5.41, 5.74) is 5.39. The molecule has 0 saturated carbocycles. The largest absolute Gasteiger partial charge is 0.480 e. The lowest BCUT2D eigenvalue weighted by Gasteiger charge is -2.32. The van der Waals surface area contributed by atoms with Crippen LogP contribution in [0.15, 0.2) is 0 Å². The molecule has 3 aliphatic heterocycles. The second kappa shape index (κ2) is 19.8. The minimum absolute atomic E-state index is 0.181. The first-order valence-electron chi connectivity index (χ1n) is 17.3. The van der Waals surface area contributed by atoms with Gasteiger partial charge in [0.2, 0.25) is 47.3 Å². The number of carbonyl (C=O) groups is 9. The molecular formula is C31H49N9O13. The first-order valence-corrected chi connectivity index (χ1v) is 17.3. The van der Waals surface area contributed by atoms with Gasteiger partial charge in [0.1, 0.15) is 42.3 Å². The fourth-order valence-electron chi connectivity index (χ4n) is 6.51. The molecule has 0 aliphatic carbocycles. The van der Waals surface area contributed by atoms with E-state index in [-0.39, 0.29) is 32.5 Å². The molecule has 0 aromatic rings. The van der Waals surface area contributed by atoms with Crippen LogP contribution in [-0.2, 0) is 43.2 Å². The van der Waals surface area contributed by atoms with Crippen molar-refractivity contribution in [3.05, 3.63) is 0 Å². The Bertz CT molecular complexity index is 1410. The van der Waals surface area contributed by atoms with Gasteiger partial charge >= 0.3 is 5.97 Å². The third-order valence-electron chi connectivity index (χ3n) is 9.31. The molecule has 296 valence electrons. The molecular weight excluding hydrogens is 706 g/mol. The predicted octanol–water partition coefficient (Wildman–Crippen LogP) is -6.95. The molecule has 22 nitrogen and oxygen atoms in total. The van der Waals surface area contributed by atoms with Gasteiger partial charge in [-0.15, -0.1) is 0 Å². The number of nitrogens with one attached hydrogen (secondary N) is 5. The summed E-state index contributed by atoms with van der Waals surface area (Å²) in [7, 11) is 0. The van der Waals surface area contributed by atoms with Crippen LogP contribution in [0.1, 0.15) is 45.4 Å². The van der Waals surface area contributed by atoms with Crippen molar-refractivity contribution in [3.63, 3.8) is 0 Å². The van der Waals surface area contributed by atoms with Crippen molar-refractivity contribution < 1.29 is 63.6 Å². The number of carboxylic acid groups (broad SMARTS) is 1. The van der Waals surface area contributed by atoms with Gasteiger partial charge in [-0.1, -0.05) is 0 Å². The Morgan fingerprint density at radius 2 is 1.15 bits per heavy atom. The minimum atomic E-state index is -1.60. The van der Waals surface area contributed by atoms with Crippen molar-refractivity contribution >= 4 is 53.2 Å². The molecule has 3 heterocycles. The highest BCUT2D eigenvalue weighted by molar-refractivity contribution is 5.97. The van der Waals surface area contributed by atoms with Gasteiger partial charge in [-0.3, -0.25) is 38.4 Å². The third-order valence-corrected chi connectivity index (χ3v) is 9.31. The maximum Gasteiger partial charge on any atom is 0.328 e. The number of hydrogen-bond donors (Lipinski definition) is 10. The Morgan fingerprint density at radius 3 is 1.70 bits per heavy atom. The molecule has 7 atom stereocenters. The molecule has 0 bridgehead atoms. The van der Waals surface area contributed by atoms with Crippen LogP contribution < -0.4 is 32.3 Å². The van der Waals surface area contributed by atoms with Gasteiger partial charge in [0.25, 0.3) is 0 Å². The molecule has 22 heteroatoms. The number of likely N-dealkylation sites (tertiary alicyclic amines) is 3. The van der Waals surface area contributed by atoms with Gasteiger partial charge in [0.05, 0.1) is 32.9 Å². The second-order valence-corrected chi connectivity index (χ2v) is 12.9. The van der Waals surface area contributed by atoms with Crippen molar-refractivity contribution in [2.45, 2.75) is 87.7 Å². The summed E-state index contributed by atoms with van der Waals surface area (Å²) in [4.78, 5) is 118. The van der Waals surface area contributed by atoms with E-state index in [2.05, 4.69) is 26.6 Å². The number of aliphatic carboxylic acids is 1. The number of amides is 8. The summed E-state index contributed by atoms with van der Waals surface area (Å²) < 4.78 is 0. The van der Waals surface area contributed by atoms with Crippen molar-refractivity contribution in [3.8, 4) is 0 Å². The highest BCUT2D eigenvalue weighted by Gasteiger charge is 2.43. The summed E-state index contributed by atoms with van der Waals surface area (Å²) in [5.74, 6) is -7.35. The number of aliphatic hydroxyl groups is 3. The molecule has 11 N–H and O–H groups in total. The molecule has 3 fully saturated rings. The topological polar surface area (TPSA) is 330 Å². The first-order chi connectivity index (χ1) is 25.2. The minimum Gasteiger partial charge on any atom is -0.480 e. The number of hydrogen-bond acceptors (Lipinski definition) is 13. The Hall–Kier alpha value is -4.93. The smallest absolute Gasteiger partial charge is 0.328 e. The van der Waals surface area contributed by atoms with Crippen LogP contribution in [0.2, 0.25) is 0 Å². The van der Waals surface area contributed by atoms with E-state index in [9.17, 15) is 58.5 Å². The van der Waals surface area contributed by atoms with Crippen molar-refractivity contribution in [2.75, 3.05) is 52.5 Å². The average molecular weight is 756 g/mol. The second-order valence-electron chi connectivity index (χ2n) is 12.9. The lowest BCUT2D eigenvalue weighted by Crippen LogP contribution is -2.59. The van der Waals surface area contributed by atoms with Crippen molar-refractivity contribution in [1.29, 1.82) is 0 Å². The molecule has 53 heavy (non-hydrogen) atoms. The van der Waals surface area contributed by atoms with E-state index in [1.54, 1.807) is 0 Å². The van der Waals surface area contributed by atoms with Crippen LogP contribution in [0.3, 0.4) is 0 Å². The van der Waals surface area contributed by atoms with E-state index in [1.807, 2.05) is 0 Å². The molecule has 0 unspecified atom stereocenters. The lowest BCUT2D eigenvalue weighted by molar-refractivity contribution is -0.148. The summed E-state index contributed by atoms with van der Waals surface area (Å²) in [6.07, 6.45) is 2.28. The maximum absolute atomic E-state index is 13.5. The van der Waals surface area contributed by atoms with Crippen LogP contribution in [0.4, 0.5) is 0 Å². The van der Waals surface area contributed by atoms with E-state index >= 15 is 0 Å². The van der Waals surface area contributed by atoms with Gasteiger partial charge in [-0.05, 0) is 45.4 Å². The van der Waals surface area contributed by atoms with Crippen molar-refractivity contribution in [1.82, 2.24) is 41.3 Å². The zero-order valence-corrected chi connectivity index (χ0v) is 29.3. The predicted molar refractivity (Wildman–Crippen MR) is 179 cm³/mol. The molecule has 3 aliphatic rings. The van der Waals surface area contributed by atoms with Gasteiger partial charge < -0.3 is 67.4 Å². The molecule has 0 aromatic carbocycles. The molecule has 0 spiro atoms. The monoisotopic (exact) mass is 755 g/mol. The number of carboxylic acids is 1. The van der Waals surface area contributed by atoms with Crippen LogP contribution in [-0.4, -0.2) is 183 Å². The van der Waals surface area contributed by atoms with Gasteiger partial charge in [0.15, 0.2) is 0 Å². The molecule has 3 saturated heterocycles. The van der Waals surface area contributed by atoms with Crippen LogP contribution >= 0.6 is 0 Å². The van der Waals surface area contributed by atoms with E-state index < -0.39 is 122 Å². The van der Waals surface area contributed by atoms with E-state index in [0.717, 1.165) is 0 Å². The summed E-state index contributed by atoms with van der Waals surface area (Å²) >= 11 is 0.